The van der Waals surface area contributed by atoms with Gasteiger partial charge in [0, 0.05) is 36.1 Å². The molecular weight excluding hydrogens is 294 g/mol. The summed E-state index contributed by atoms with van der Waals surface area (Å²) in [5, 5.41) is 15.7. The van der Waals surface area contributed by atoms with Crippen LogP contribution in [0.2, 0.25) is 0 Å². The van der Waals surface area contributed by atoms with Gasteiger partial charge in [-0.15, -0.1) is 5.10 Å². The van der Waals surface area contributed by atoms with Gasteiger partial charge < -0.3 is 11.1 Å². The Balaban J connectivity index is 2.40. The normalized spacial score (nSPS) is 13.2. The number of fused-ring (bicyclic) bond motifs is 1. The van der Waals surface area contributed by atoms with Crippen molar-refractivity contribution in [1.29, 1.82) is 5.26 Å². The second-order valence-electron chi connectivity index (χ2n) is 4.94. The molecule has 0 aliphatic carbocycles. The lowest BCUT2D eigenvalue weighted by molar-refractivity contribution is 0.0968. The largest absolute Gasteiger partial charge is 0.381 e. The lowest BCUT2D eigenvalue weighted by Crippen LogP contribution is -2.22. The quantitative estimate of drug-likeness (QED) is 0.831. The summed E-state index contributed by atoms with van der Waals surface area (Å²) in [6, 6.07) is 2.12. The molecule has 0 spiro atoms. The summed E-state index contributed by atoms with van der Waals surface area (Å²) in [6.07, 6.45) is 6.33. The van der Waals surface area contributed by atoms with E-state index >= 15 is 0 Å². The molecule has 0 saturated heterocycles. The highest BCUT2D eigenvalue weighted by molar-refractivity contribution is 6.04. The lowest BCUT2D eigenvalue weighted by atomic mass is 10.1. The maximum atomic E-state index is 12.4. The fourth-order valence-electron chi connectivity index (χ4n) is 1.94. The van der Waals surface area contributed by atoms with Crippen LogP contribution < -0.4 is 11.1 Å². The molecule has 8 heteroatoms. The molecule has 0 aliphatic rings. The predicted molar refractivity (Wildman–Crippen MR) is 86.8 cm³/mol. The summed E-state index contributed by atoms with van der Waals surface area (Å²) in [4.78, 5) is 20.5. The molecule has 0 aliphatic heterocycles. The van der Waals surface area contributed by atoms with Gasteiger partial charge in [-0.05, 0) is 20.8 Å². The molecule has 1 unspecified atom stereocenters. The summed E-state index contributed by atoms with van der Waals surface area (Å²) in [6.45, 7) is 5.25. The first kappa shape index (κ1) is 16.2. The number of aliphatic imine (C=N–C) groups is 1. The number of hydrogen-bond donors (Lipinski definition) is 2. The number of nitrogen functional groups attached to an aromatic ring is 1. The minimum Gasteiger partial charge on any atom is -0.381 e. The van der Waals surface area contributed by atoms with Crippen molar-refractivity contribution in [3.63, 3.8) is 0 Å². The highest BCUT2D eigenvalue weighted by atomic mass is 16.1. The number of nitrogens with one attached hydrogen (secondary N) is 1. The molecule has 2 heterocycles. The van der Waals surface area contributed by atoms with Gasteiger partial charge in [-0.1, -0.05) is 0 Å². The zero-order valence-electron chi connectivity index (χ0n) is 13.1. The van der Waals surface area contributed by atoms with E-state index in [4.69, 9.17) is 11.0 Å². The van der Waals surface area contributed by atoms with Crippen molar-refractivity contribution in [2.24, 2.45) is 4.99 Å². The van der Waals surface area contributed by atoms with Crippen LogP contribution >= 0.6 is 0 Å². The number of carbonyl (C=O) groups is 1. The maximum absolute atomic E-state index is 12.4. The van der Waals surface area contributed by atoms with E-state index in [1.165, 1.54) is 10.7 Å². The summed E-state index contributed by atoms with van der Waals surface area (Å²) in [5.74, 6) is -0.665. The van der Waals surface area contributed by atoms with E-state index in [0.717, 1.165) is 0 Å². The topological polar surface area (TPSA) is 121 Å². The molecule has 0 saturated carbocycles. The number of nitrogens with zero attached hydrogens (tertiary/aromatic N) is 5. The first-order chi connectivity index (χ1) is 11.0. The number of amides is 1. The third-order valence-corrected chi connectivity index (χ3v) is 3.17. The minimum atomic E-state index is -0.411. The smallest absolute Gasteiger partial charge is 0.263 e. The van der Waals surface area contributed by atoms with Crippen LogP contribution in [0.5, 0.6) is 0 Å². The van der Waals surface area contributed by atoms with E-state index in [1.54, 1.807) is 39.4 Å². The third kappa shape index (κ3) is 3.35. The van der Waals surface area contributed by atoms with E-state index in [0.29, 0.717) is 16.9 Å². The average Bonchev–Trinajstić information content (AvgIpc) is 2.86. The summed E-state index contributed by atoms with van der Waals surface area (Å²) < 4.78 is 1.41. The van der Waals surface area contributed by atoms with Crippen LogP contribution in [0, 0.1) is 11.3 Å². The number of allylic oxidation sites excluding steroid dienone is 1. The lowest BCUT2D eigenvalue weighted by Gasteiger charge is -2.05. The number of hydrogen-bond acceptors (Lipinski definition) is 6. The Hall–Kier alpha value is -3.21. The second kappa shape index (κ2) is 6.70. The SMILES string of the molecule is CC=NC=C(C)NC(=O)c1c(N)nn2cc(C(C)C#N)cnc12. The van der Waals surface area contributed by atoms with Gasteiger partial charge in [-0.25, -0.2) is 9.50 Å². The minimum absolute atomic E-state index is 0.0727. The number of anilines is 1. The van der Waals surface area contributed by atoms with Gasteiger partial charge in [0.1, 0.15) is 5.56 Å². The Morgan fingerprint density at radius 1 is 1.61 bits per heavy atom. The van der Waals surface area contributed by atoms with Gasteiger partial charge in [0.05, 0.1) is 12.0 Å². The highest BCUT2D eigenvalue weighted by Crippen LogP contribution is 2.19. The first-order valence-electron chi connectivity index (χ1n) is 6.97. The monoisotopic (exact) mass is 311 g/mol. The zero-order chi connectivity index (χ0) is 17.0. The average molecular weight is 311 g/mol. The number of nitriles is 1. The van der Waals surface area contributed by atoms with Gasteiger partial charge in [-0.2, -0.15) is 5.26 Å². The van der Waals surface area contributed by atoms with E-state index in [-0.39, 0.29) is 17.3 Å². The van der Waals surface area contributed by atoms with Crippen molar-refractivity contribution < 1.29 is 4.79 Å². The molecule has 23 heavy (non-hydrogen) atoms. The van der Waals surface area contributed by atoms with Crippen molar-refractivity contribution in [1.82, 2.24) is 19.9 Å². The molecule has 3 N–H and O–H groups in total. The van der Waals surface area contributed by atoms with E-state index in [9.17, 15) is 4.79 Å². The van der Waals surface area contributed by atoms with Gasteiger partial charge in [0.25, 0.3) is 5.91 Å². The Labute approximate surface area is 133 Å². The van der Waals surface area contributed by atoms with Crippen LogP contribution in [0.4, 0.5) is 5.82 Å². The predicted octanol–water partition coefficient (Wildman–Crippen LogP) is 1.62. The molecule has 1 atom stereocenters. The number of aromatic nitrogens is 3. The van der Waals surface area contributed by atoms with Crippen LogP contribution in [0.15, 0.2) is 29.3 Å². The molecule has 2 rings (SSSR count). The first-order valence-corrected chi connectivity index (χ1v) is 6.97. The molecular formula is C15H17N7O. The molecule has 2 aromatic rings. The van der Waals surface area contributed by atoms with Crippen LogP contribution in [0.25, 0.3) is 5.65 Å². The van der Waals surface area contributed by atoms with E-state index < -0.39 is 5.91 Å². The van der Waals surface area contributed by atoms with Crippen molar-refractivity contribution in [2.45, 2.75) is 26.7 Å². The second-order valence-corrected chi connectivity index (χ2v) is 4.94. The van der Waals surface area contributed by atoms with E-state index in [2.05, 4.69) is 26.5 Å². The highest BCUT2D eigenvalue weighted by Gasteiger charge is 2.20. The van der Waals surface area contributed by atoms with Crippen LogP contribution in [0.1, 0.15) is 42.6 Å². The maximum Gasteiger partial charge on any atom is 0.263 e. The van der Waals surface area contributed by atoms with Crippen molar-refractivity contribution in [2.75, 3.05) is 5.73 Å². The molecule has 1 amide bonds. The fourth-order valence-corrected chi connectivity index (χ4v) is 1.94. The third-order valence-electron chi connectivity index (χ3n) is 3.17. The molecule has 118 valence electrons. The molecule has 8 nitrogen and oxygen atoms in total. The standard InChI is InChI=1S/C15H17N7O/c1-4-18-6-10(3)20-15(23)12-13(17)21-22-8-11(9(2)5-16)7-19-14(12)22/h4,6-9H,1-3H3,(H2,17,21)(H,20,23). The van der Waals surface area contributed by atoms with Crippen LogP contribution in [-0.4, -0.2) is 26.7 Å². The van der Waals surface area contributed by atoms with Gasteiger partial charge >= 0.3 is 0 Å². The number of carbonyl (C=O) groups excluding carboxylic acids is 1. The fraction of sp³-hybridized carbons (Fsp3) is 0.267. The van der Waals surface area contributed by atoms with Crippen LogP contribution in [0.3, 0.4) is 0 Å². The Morgan fingerprint density at radius 3 is 3.00 bits per heavy atom. The number of nitrogens with two attached hydrogens (primary N) is 1. The molecule has 0 fully saturated rings. The Kier molecular flexibility index (Phi) is 4.71. The molecule has 0 radical (unpaired) electrons. The zero-order valence-corrected chi connectivity index (χ0v) is 13.1. The molecule has 0 bridgehead atoms. The molecule has 2 aromatic heterocycles. The van der Waals surface area contributed by atoms with Gasteiger partial charge in [-0.3, -0.25) is 9.79 Å². The Bertz CT molecular complexity index is 841. The molecule has 0 aromatic carbocycles. The van der Waals surface area contributed by atoms with Crippen molar-refractivity contribution >= 4 is 23.6 Å². The number of rotatable bonds is 4. The van der Waals surface area contributed by atoms with Crippen LogP contribution in [-0.2, 0) is 0 Å². The Morgan fingerprint density at radius 2 is 2.35 bits per heavy atom. The summed E-state index contributed by atoms with van der Waals surface area (Å²) in [5.41, 5.74) is 7.63. The summed E-state index contributed by atoms with van der Waals surface area (Å²) in [7, 11) is 0. The van der Waals surface area contributed by atoms with Crippen molar-refractivity contribution in [3.8, 4) is 6.07 Å². The van der Waals surface area contributed by atoms with Gasteiger partial charge in [0.2, 0.25) is 0 Å². The van der Waals surface area contributed by atoms with Gasteiger partial charge in [0.15, 0.2) is 11.5 Å². The summed E-state index contributed by atoms with van der Waals surface area (Å²) >= 11 is 0. The van der Waals surface area contributed by atoms with E-state index in [1.807, 2.05) is 0 Å². The van der Waals surface area contributed by atoms with Crippen molar-refractivity contribution in [3.05, 3.63) is 35.4 Å².